The number of carbonyl (C=O) groups is 4. The maximum absolute atomic E-state index is 13.4. The maximum atomic E-state index is 13.4. The Morgan fingerprint density at radius 3 is 2.14 bits per heavy atom. The summed E-state index contributed by atoms with van der Waals surface area (Å²) in [6, 6.07) is 11.2. The molecule has 0 aromatic heterocycles. The highest BCUT2D eigenvalue weighted by Crippen LogP contribution is 2.65. The lowest BCUT2D eigenvalue weighted by atomic mass is 9.63. The van der Waals surface area contributed by atoms with Crippen LogP contribution in [-0.4, -0.2) is 35.1 Å². The van der Waals surface area contributed by atoms with Gasteiger partial charge in [-0.2, -0.15) is 0 Å². The first-order valence-electron chi connectivity index (χ1n) is 11.5. The van der Waals surface area contributed by atoms with E-state index >= 15 is 0 Å². The van der Waals surface area contributed by atoms with Crippen molar-refractivity contribution in [3.8, 4) is 0 Å². The fourth-order valence-corrected chi connectivity index (χ4v) is 6.10. The number of rotatable bonds is 6. The minimum absolute atomic E-state index is 0.0230. The summed E-state index contributed by atoms with van der Waals surface area (Å²) in [5.74, 6) is -1.67. The van der Waals surface area contributed by atoms with Crippen LogP contribution in [0.25, 0.3) is 0 Å². The molecule has 4 aliphatic carbocycles. The number of esters is 1. The number of hydrogen-bond donors (Lipinski definition) is 0. The highest BCUT2D eigenvalue weighted by atomic mass is 16.6. The number of ether oxygens (including phenoxy) is 1. The zero-order valence-corrected chi connectivity index (χ0v) is 18.4. The molecule has 2 aromatic rings. The van der Waals surface area contributed by atoms with Crippen molar-refractivity contribution >= 4 is 34.9 Å². The molecule has 2 aromatic carbocycles. The van der Waals surface area contributed by atoms with E-state index in [-0.39, 0.29) is 46.2 Å². The van der Waals surface area contributed by atoms with Crippen molar-refractivity contribution in [2.24, 2.45) is 35.5 Å². The first kappa shape index (κ1) is 21.4. The van der Waals surface area contributed by atoms with Crippen molar-refractivity contribution in [3.05, 3.63) is 81.9 Å². The second kappa shape index (κ2) is 7.69. The molecule has 2 bridgehead atoms. The predicted molar refractivity (Wildman–Crippen MR) is 121 cm³/mol. The van der Waals surface area contributed by atoms with Crippen LogP contribution >= 0.6 is 0 Å². The van der Waals surface area contributed by atoms with Crippen LogP contribution in [0.5, 0.6) is 0 Å². The number of ketones is 1. The zero-order valence-electron chi connectivity index (χ0n) is 18.4. The Balaban J connectivity index is 1.21. The van der Waals surface area contributed by atoms with E-state index in [0.29, 0.717) is 11.8 Å². The molecule has 6 unspecified atom stereocenters. The van der Waals surface area contributed by atoms with E-state index in [1.54, 1.807) is 12.1 Å². The summed E-state index contributed by atoms with van der Waals surface area (Å²) < 4.78 is 5.21. The summed E-state index contributed by atoms with van der Waals surface area (Å²) in [5.41, 5.74) is 0.189. The Labute approximate surface area is 199 Å². The quantitative estimate of drug-likeness (QED) is 0.158. The van der Waals surface area contributed by atoms with Gasteiger partial charge in [-0.15, -0.1) is 0 Å². The highest BCUT2D eigenvalue weighted by Gasteiger charge is 2.67. The topological polar surface area (TPSA) is 124 Å². The summed E-state index contributed by atoms with van der Waals surface area (Å²) >= 11 is 0. The molecule has 35 heavy (non-hydrogen) atoms. The summed E-state index contributed by atoms with van der Waals surface area (Å²) in [6.45, 7) is -0.588. The van der Waals surface area contributed by atoms with E-state index in [0.717, 1.165) is 11.3 Å². The number of carbonyl (C=O) groups excluding carboxylic acids is 4. The molecular weight excluding hydrogens is 452 g/mol. The molecule has 2 saturated carbocycles. The normalized spacial score (nSPS) is 29.5. The van der Waals surface area contributed by atoms with Gasteiger partial charge in [0, 0.05) is 17.7 Å². The van der Waals surface area contributed by atoms with Gasteiger partial charge in [0.05, 0.1) is 28.0 Å². The molecule has 0 N–H and O–H groups in total. The number of Topliss-reactive ketones (excluding diaryl/α,β-unsaturated/α-hetero) is 1. The number of nitrogens with zero attached hydrogens (tertiary/aromatic N) is 2. The smallest absolute Gasteiger partial charge is 0.340 e. The Morgan fingerprint density at radius 1 is 0.943 bits per heavy atom. The Hall–Kier alpha value is -4.14. The van der Waals surface area contributed by atoms with Crippen molar-refractivity contribution in [2.75, 3.05) is 11.5 Å². The van der Waals surface area contributed by atoms with Crippen LogP contribution < -0.4 is 4.90 Å². The van der Waals surface area contributed by atoms with Crippen molar-refractivity contribution < 1.29 is 28.8 Å². The van der Waals surface area contributed by atoms with Crippen LogP contribution in [0.4, 0.5) is 11.4 Å². The monoisotopic (exact) mass is 472 g/mol. The number of amides is 2. The van der Waals surface area contributed by atoms with Crippen LogP contribution in [0, 0.1) is 45.6 Å². The average Bonchev–Trinajstić information content (AvgIpc) is 3.65. The van der Waals surface area contributed by atoms with E-state index in [9.17, 15) is 29.3 Å². The van der Waals surface area contributed by atoms with Crippen LogP contribution in [0.2, 0.25) is 0 Å². The Bertz CT molecular complexity index is 1300. The first-order chi connectivity index (χ1) is 16.9. The van der Waals surface area contributed by atoms with Crippen LogP contribution in [0.1, 0.15) is 27.1 Å². The number of benzene rings is 2. The lowest BCUT2D eigenvalue weighted by Crippen LogP contribution is -2.40. The van der Waals surface area contributed by atoms with Crippen molar-refractivity contribution in [1.82, 2.24) is 0 Å². The molecule has 9 heteroatoms. The third-order valence-electron chi connectivity index (χ3n) is 7.76. The van der Waals surface area contributed by atoms with Crippen molar-refractivity contribution in [2.45, 2.75) is 6.42 Å². The highest BCUT2D eigenvalue weighted by molar-refractivity contribution is 6.24. The van der Waals surface area contributed by atoms with Gasteiger partial charge in [-0.25, -0.2) is 9.69 Å². The van der Waals surface area contributed by atoms with Crippen LogP contribution in [-0.2, 0) is 14.3 Å². The number of nitro benzene ring substituents is 1. The van der Waals surface area contributed by atoms with Gasteiger partial charge in [-0.05, 0) is 54.4 Å². The molecule has 7 rings (SSSR count). The molecule has 6 atom stereocenters. The largest absolute Gasteiger partial charge is 0.454 e. The molecule has 9 nitrogen and oxygen atoms in total. The molecule has 3 fully saturated rings. The van der Waals surface area contributed by atoms with E-state index in [4.69, 9.17) is 4.74 Å². The third-order valence-corrected chi connectivity index (χ3v) is 7.76. The fraction of sp³-hybridized carbons (Fsp3) is 0.308. The van der Waals surface area contributed by atoms with Gasteiger partial charge in [0.25, 0.3) is 5.69 Å². The SMILES string of the molecule is O=C(COC(=O)c1ccccc1N1C(=O)C2C3C=CC(C4CC34)C2C1=O)c1ccc([N+](=O)[O-])cc1. The number of anilines is 1. The van der Waals surface area contributed by atoms with E-state index < -0.39 is 35.1 Å². The van der Waals surface area contributed by atoms with Gasteiger partial charge in [-0.1, -0.05) is 24.3 Å². The number of non-ortho nitro benzene ring substituents is 1. The number of para-hydroxylation sites is 1. The molecule has 1 aliphatic heterocycles. The van der Waals surface area contributed by atoms with Gasteiger partial charge >= 0.3 is 5.97 Å². The maximum Gasteiger partial charge on any atom is 0.340 e. The lowest BCUT2D eigenvalue weighted by molar-refractivity contribution is -0.384. The zero-order chi connectivity index (χ0) is 24.4. The summed E-state index contributed by atoms with van der Waals surface area (Å²) in [5, 5.41) is 10.8. The number of hydrogen-bond acceptors (Lipinski definition) is 7. The Kier molecular flexibility index (Phi) is 4.70. The minimum atomic E-state index is -0.838. The molecule has 176 valence electrons. The lowest BCUT2D eigenvalue weighted by Gasteiger charge is -2.37. The van der Waals surface area contributed by atoms with Gasteiger partial charge in [-0.3, -0.25) is 24.5 Å². The van der Waals surface area contributed by atoms with Gasteiger partial charge in [0.15, 0.2) is 12.4 Å². The number of nitro groups is 1. The summed E-state index contributed by atoms with van der Waals surface area (Å²) in [4.78, 5) is 63.5. The number of allylic oxidation sites excluding steroid dienone is 2. The van der Waals surface area contributed by atoms with Crippen LogP contribution in [0.3, 0.4) is 0 Å². The fourth-order valence-electron chi connectivity index (χ4n) is 6.10. The molecule has 0 spiro atoms. The van der Waals surface area contributed by atoms with Gasteiger partial charge < -0.3 is 4.74 Å². The second-order valence-electron chi connectivity index (χ2n) is 9.49. The van der Waals surface area contributed by atoms with Crippen LogP contribution in [0.15, 0.2) is 60.7 Å². The molecule has 2 amide bonds. The second-order valence-corrected chi connectivity index (χ2v) is 9.49. The molecule has 5 aliphatic rings. The molecule has 1 saturated heterocycles. The summed E-state index contributed by atoms with van der Waals surface area (Å²) in [7, 11) is 0. The molecule has 1 heterocycles. The number of imide groups is 1. The molecule has 0 radical (unpaired) electrons. The van der Waals surface area contributed by atoms with Crippen molar-refractivity contribution in [1.29, 1.82) is 0 Å². The predicted octanol–water partition coefficient (Wildman–Crippen LogP) is 3.19. The van der Waals surface area contributed by atoms with E-state index in [1.165, 1.54) is 36.4 Å². The minimum Gasteiger partial charge on any atom is -0.454 e. The van der Waals surface area contributed by atoms with Gasteiger partial charge in [0.2, 0.25) is 11.8 Å². The van der Waals surface area contributed by atoms with Gasteiger partial charge in [0.1, 0.15) is 0 Å². The van der Waals surface area contributed by atoms with E-state index in [1.807, 2.05) is 0 Å². The average molecular weight is 472 g/mol. The third kappa shape index (κ3) is 3.22. The molecular formula is C26H20N2O7. The first-order valence-corrected chi connectivity index (χ1v) is 11.5. The summed E-state index contributed by atoms with van der Waals surface area (Å²) in [6.07, 6.45) is 5.22. The van der Waals surface area contributed by atoms with Crippen molar-refractivity contribution in [3.63, 3.8) is 0 Å². The Morgan fingerprint density at radius 2 is 1.54 bits per heavy atom. The van der Waals surface area contributed by atoms with E-state index in [2.05, 4.69) is 12.2 Å². The standard InChI is InChI=1S/C26H20N2O7/c29-21(13-5-7-14(8-6-13)28(33)34)12-35-26(32)17-3-1-2-4-20(17)27-24(30)22-15-9-10-16(19-11-18(15)19)23(22)25(27)31/h1-10,15-16,18-19,22-23H,11-12H2.